The van der Waals surface area contributed by atoms with Crippen LogP contribution in [0, 0.1) is 0 Å². The van der Waals surface area contributed by atoms with Crippen molar-refractivity contribution < 1.29 is 13.2 Å². The molecule has 1 aromatic carbocycles. The Morgan fingerprint density at radius 1 is 1.43 bits per heavy atom. The highest BCUT2D eigenvalue weighted by atomic mass is 79.9. The van der Waals surface area contributed by atoms with E-state index in [9.17, 15) is 13.2 Å². The van der Waals surface area contributed by atoms with E-state index in [1.165, 1.54) is 5.01 Å². The number of carbonyl (C=O) groups is 1. The lowest BCUT2D eigenvalue weighted by molar-refractivity contribution is -0.119. The van der Waals surface area contributed by atoms with Crippen molar-refractivity contribution >= 4 is 49.8 Å². The van der Waals surface area contributed by atoms with E-state index in [-0.39, 0.29) is 22.1 Å². The van der Waals surface area contributed by atoms with Gasteiger partial charge in [-0.25, -0.2) is 19.0 Å². The smallest absolute Gasteiger partial charge is 0.265 e. The summed E-state index contributed by atoms with van der Waals surface area (Å²) in [6.07, 6.45) is 0.358. The maximum Gasteiger partial charge on any atom is 0.265 e. The standard InChI is InChI=1S/C12H17N5O3S2.BrH/c1-17-11(21-12(16-17)22(14,19)20)15-10(18)9(13)7-8-5-3-2-4-6-8;/h2-6,9,12,16H,7,13H2,1H3,(H2,14,19,20);1H/t9-,12?;/m0./s1. The highest BCUT2D eigenvalue weighted by Gasteiger charge is 2.34. The van der Waals surface area contributed by atoms with Crippen LogP contribution < -0.4 is 16.3 Å². The Morgan fingerprint density at radius 2 is 2.04 bits per heavy atom. The second-order valence-corrected chi connectivity index (χ2v) is 7.78. The van der Waals surface area contributed by atoms with Gasteiger partial charge in [0.15, 0.2) is 9.87 Å². The van der Waals surface area contributed by atoms with Crippen LogP contribution in [-0.2, 0) is 21.2 Å². The Morgan fingerprint density at radius 3 is 2.57 bits per heavy atom. The molecule has 5 N–H and O–H groups in total. The fraction of sp³-hybridized carbons (Fsp3) is 0.333. The second kappa shape index (κ2) is 8.22. The zero-order valence-corrected chi connectivity index (χ0v) is 15.6. The summed E-state index contributed by atoms with van der Waals surface area (Å²) in [7, 11) is -2.24. The van der Waals surface area contributed by atoms with Crippen molar-refractivity contribution in [3.63, 3.8) is 0 Å². The van der Waals surface area contributed by atoms with Crippen molar-refractivity contribution in [1.29, 1.82) is 0 Å². The molecule has 8 nitrogen and oxygen atoms in total. The number of hydrogen-bond acceptors (Lipinski definition) is 6. The predicted octanol–water partition coefficient (Wildman–Crippen LogP) is -0.228. The minimum atomic E-state index is -3.79. The van der Waals surface area contributed by atoms with Crippen LogP contribution in [-0.4, -0.2) is 42.3 Å². The number of amides is 1. The Bertz CT molecular complexity index is 683. The first kappa shape index (κ1) is 20.1. The summed E-state index contributed by atoms with van der Waals surface area (Å²) in [4.78, 5) is 15.9. The number of primary sulfonamides is 1. The monoisotopic (exact) mass is 423 g/mol. The fourth-order valence-electron chi connectivity index (χ4n) is 1.79. The maximum atomic E-state index is 12.0. The molecule has 128 valence electrons. The quantitative estimate of drug-likeness (QED) is 0.609. The summed E-state index contributed by atoms with van der Waals surface area (Å²) >= 11 is 0.853. The molecule has 1 aromatic rings. The molecule has 0 aliphatic carbocycles. The molecule has 1 heterocycles. The number of nitrogens with two attached hydrogens (primary N) is 2. The van der Waals surface area contributed by atoms with Crippen molar-refractivity contribution in [1.82, 2.24) is 10.4 Å². The molecule has 2 rings (SSSR count). The van der Waals surface area contributed by atoms with Gasteiger partial charge in [-0.05, 0) is 23.7 Å². The fourth-order valence-corrected chi connectivity index (χ4v) is 3.64. The molecule has 1 amide bonds. The minimum absolute atomic E-state index is 0. The van der Waals surface area contributed by atoms with Crippen LogP contribution >= 0.6 is 28.7 Å². The highest BCUT2D eigenvalue weighted by Crippen LogP contribution is 2.23. The van der Waals surface area contributed by atoms with Gasteiger partial charge in [0, 0.05) is 7.05 Å². The Balaban J connectivity index is 0.00000264. The highest BCUT2D eigenvalue weighted by molar-refractivity contribution is 8.93. The van der Waals surface area contributed by atoms with E-state index >= 15 is 0 Å². The SMILES string of the molecule is Br.CN1NC(S(N)(=O)=O)SC1=NC(=O)[C@@H](N)Cc1ccccc1. The van der Waals surface area contributed by atoms with Gasteiger partial charge in [0.05, 0.1) is 6.04 Å². The Labute approximate surface area is 149 Å². The van der Waals surface area contributed by atoms with Crippen molar-refractivity contribution in [3.8, 4) is 0 Å². The molecule has 0 bridgehead atoms. The normalized spacial score (nSPS) is 21.1. The number of halogens is 1. The molecule has 1 unspecified atom stereocenters. The molecule has 1 fully saturated rings. The van der Waals surface area contributed by atoms with Crippen LogP contribution in [0.15, 0.2) is 35.3 Å². The van der Waals surface area contributed by atoms with Crippen LogP contribution in [0.4, 0.5) is 0 Å². The third-order valence-electron chi connectivity index (χ3n) is 2.92. The van der Waals surface area contributed by atoms with Gasteiger partial charge < -0.3 is 5.73 Å². The van der Waals surface area contributed by atoms with E-state index in [2.05, 4.69) is 10.4 Å². The molecule has 1 saturated heterocycles. The summed E-state index contributed by atoms with van der Waals surface area (Å²) in [6, 6.07) is 8.54. The maximum absolute atomic E-state index is 12.0. The summed E-state index contributed by atoms with van der Waals surface area (Å²) in [5.41, 5.74) is 9.37. The molecule has 0 aromatic heterocycles. The Kier molecular flexibility index (Phi) is 7.17. The number of hydrogen-bond donors (Lipinski definition) is 3. The topological polar surface area (TPSA) is 131 Å². The van der Waals surface area contributed by atoms with Crippen LogP contribution in [0.25, 0.3) is 0 Å². The van der Waals surface area contributed by atoms with Gasteiger partial charge >= 0.3 is 0 Å². The third kappa shape index (κ3) is 5.55. The van der Waals surface area contributed by atoms with Crippen molar-refractivity contribution in [2.75, 3.05) is 7.05 Å². The van der Waals surface area contributed by atoms with Gasteiger partial charge in [-0.15, -0.1) is 17.0 Å². The predicted molar refractivity (Wildman–Crippen MR) is 96.3 cm³/mol. The molecular weight excluding hydrogens is 406 g/mol. The largest absolute Gasteiger partial charge is 0.320 e. The number of nitrogens with one attached hydrogen (secondary N) is 1. The number of thioether (sulfide) groups is 1. The number of benzene rings is 1. The summed E-state index contributed by atoms with van der Waals surface area (Å²) in [6.45, 7) is 0. The van der Waals surface area contributed by atoms with E-state index in [4.69, 9.17) is 10.9 Å². The first-order valence-corrected chi connectivity index (χ1v) is 8.86. The lowest BCUT2D eigenvalue weighted by Gasteiger charge is -2.12. The van der Waals surface area contributed by atoms with E-state index in [1.54, 1.807) is 7.05 Å². The molecule has 2 atom stereocenters. The first-order chi connectivity index (χ1) is 10.3. The number of rotatable bonds is 4. The molecule has 0 radical (unpaired) electrons. The number of sulfonamides is 1. The van der Waals surface area contributed by atoms with Crippen molar-refractivity contribution in [2.45, 2.75) is 17.2 Å². The van der Waals surface area contributed by atoms with Gasteiger partial charge in [-0.3, -0.25) is 9.80 Å². The van der Waals surface area contributed by atoms with Crippen LogP contribution in [0.5, 0.6) is 0 Å². The summed E-state index contributed by atoms with van der Waals surface area (Å²) in [5, 5.41) is 6.61. The molecule has 23 heavy (non-hydrogen) atoms. The number of hydrazine groups is 1. The molecule has 0 saturated carbocycles. The number of aliphatic imine (C=N–C) groups is 1. The molecule has 0 spiro atoms. The first-order valence-electron chi connectivity index (χ1n) is 6.37. The van der Waals surface area contributed by atoms with Crippen molar-refractivity contribution in [3.05, 3.63) is 35.9 Å². The van der Waals surface area contributed by atoms with Gasteiger partial charge in [0.25, 0.3) is 5.91 Å². The average Bonchev–Trinajstić information content (AvgIpc) is 2.81. The van der Waals surface area contributed by atoms with Crippen LogP contribution in [0.3, 0.4) is 0 Å². The summed E-state index contributed by atoms with van der Waals surface area (Å²) in [5.74, 6) is -0.518. The lowest BCUT2D eigenvalue weighted by Crippen LogP contribution is -2.40. The summed E-state index contributed by atoms with van der Waals surface area (Å²) < 4.78 is 21.5. The van der Waals surface area contributed by atoms with Gasteiger partial charge in [-0.1, -0.05) is 30.3 Å². The van der Waals surface area contributed by atoms with Gasteiger partial charge in [0.1, 0.15) is 0 Å². The second-order valence-electron chi connectivity index (χ2n) is 4.76. The third-order valence-corrected chi connectivity index (χ3v) is 5.61. The number of nitrogens with zero attached hydrogens (tertiary/aromatic N) is 2. The molecule has 1 aliphatic rings. The molecule has 11 heteroatoms. The minimum Gasteiger partial charge on any atom is -0.320 e. The van der Waals surface area contributed by atoms with E-state index in [0.29, 0.717) is 6.42 Å². The van der Waals surface area contributed by atoms with E-state index in [1.807, 2.05) is 30.3 Å². The zero-order valence-electron chi connectivity index (χ0n) is 12.2. The Hall–Kier alpha value is -0.980. The van der Waals surface area contributed by atoms with Gasteiger partial charge in [0.2, 0.25) is 10.0 Å². The average molecular weight is 424 g/mol. The van der Waals surface area contributed by atoms with E-state index in [0.717, 1.165) is 17.3 Å². The lowest BCUT2D eigenvalue weighted by atomic mass is 10.1. The molecular formula is C12H18BrN5O3S2. The van der Waals surface area contributed by atoms with Crippen molar-refractivity contribution in [2.24, 2.45) is 15.9 Å². The van der Waals surface area contributed by atoms with Crippen LogP contribution in [0.1, 0.15) is 5.56 Å². The van der Waals surface area contributed by atoms with E-state index < -0.39 is 26.7 Å². The number of amidine groups is 1. The zero-order chi connectivity index (χ0) is 16.3. The number of carbonyl (C=O) groups excluding carboxylic acids is 1. The molecule has 1 aliphatic heterocycles. The van der Waals surface area contributed by atoms with Crippen LogP contribution in [0.2, 0.25) is 0 Å². The van der Waals surface area contributed by atoms with Gasteiger partial charge in [-0.2, -0.15) is 4.99 Å².